The van der Waals surface area contributed by atoms with Gasteiger partial charge in [-0.2, -0.15) is 0 Å². The Hall–Kier alpha value is -1.86. The number of fused-ring (bicyclic) bond motifs is 3. The fourth-order valence-electron chi connectivity index (χ4n) is 3.62. The number of aliphatic hydroxyl groups excluding tert-OH is 1. The number of hydrogen-bond acceptors (Lipinski definition) is 1. The molecule has 0 aromatic heterocycles. The zero-order chi connectivity index (χ0) is 13.5. The van der Waals surface area contributed by atoms with Crippen LogP contribution in [0.2, 0.25) is 0 Å². The second-order valence-electron chi connectivity index (χ2n) is 5.96. The van der Waals surface area contributed by atoms with Gasteiger partial charge in [0.15, 0.2) is 0 Å². The van der Waals surface area contributed by atoms with Crippen molar-refractivity contribution in [1.29, 1.82) is 0 Å². The maximum absolute atomic E-state index is 9.29. The van der Waals surface area contributed by atoms with E-state index < -0.39 is 0 Å². The van der Waals surface area contributed by atoms with Crippen LogP contribution < -0.4 is 10.4 Å². The summed E-state index contributed by atoms with van der Waals surface area (Å²) in [7, 11) is 0. The summed E-state index contributed by atoms with van der Waals surface area (Å²) in [6.07, 6.45) is 7.10. The summed E-state index contributed by atoms with van der Waals surface area (Å²) < 4.78 is 0. The van der Waals surface area contributed by atoms with Crippen molar-refractivity contribution in [2.75, 3.05) is 0 Å². The second kappa shape index (κ2) is 4.60. The van der Waals surface area contributed by atoms with Gasteiger partial charge in [0.25, 0.3) is 0 Å². The van der Waals surface area contributed by atoms with Crippen LogP contribution in [0.25, 0.3) is 12.2 Å². The van der Waals surface area contributed by atoms with Crippen LogP contribution in [-0.4, -0.2) is 5.11 Å². The van der Waals surface area contributed by atoms with Crippen molar-refractivity contribution in [3.05, 3.63) is 69.6 Å². The third kappa shape index (κ3) is 1.90. The highest BCUT2D eigenvalue weighted by molar-refractivity contribution is 5.49. The zero-order valence-electron chi connectivity index (χ0n) is 11.4. The summed E-state index contributed by atoms with van der Waals surface area (Å²) in [5.41, 5.74) is 3.90. The average molecular weight is 262 g/mol. The normalized spacial score (nSPS) is 22.9. The summed E-state index contributed by atoms with van der Waals surface area (Å²) in [6, 6.07) is 15.1. The first-order valence-electron chi connectivity index (χ1n) is 7.34. The lowest BCUT2D eigenvalue weighted by Gasteiger charge is -2.31. The molecule has 0 heterocycles. The Bertz CT molecular complexity index is 773. The minimum absolute atomic E-state index is 0.139. The van der Waals surface area contributed by atoms with E-state index in [1.807, 2.05) is 0 Å². The molecule has 20 heavy (non-hydrogen) atoms. The van der Waals surface area contributed by atoms with Crippen molar-refractivity contribution >= 4 is 12.2 Å². The molecule has 100 valence electrons. The highest BCUT2D eigenvalue weighted by Crippen LogP contribution is 2.33. The molecule has 0 saturated heterocycles. The van der Waals surface area contributed by atoms with Gasteiger partial charge in [0.2, 0.25) is 0 Å². The second-order valence-corrected chi connectivity index (χ2v) is 5.96. The van der Waals surface area contributed by atoms with Crippen LogP contribution in [0.15, 0.2) is 42.5 Å². The lowest BCUT2D eigenvalue weighted by molar-refractivity contribution is 0.281. The van der Waals surface area contributed by atoms with E-state index in [9.17, 15) is 5.11 Å². The summed E-state index contributed by atoms with van der Waals surface area (Å²) >= 11 is 0. The summed E-state index contributed by atoms with van der Waals surface area (Å²) in [6.45, 7) is 0.139. The van der Waals surface area contributed by atoms with E-state index >= 15 is 0 Å². The quantitative estimate of drug-likeness (QED) is 0.830. The molecule has 2 aliphatic rings. The Labute approximate surface area is 118 Å². The van der Waals surface area contributed by atoms with Crippen molar-refractivity contribution in [2.24, 2.45) is 11.8 Å². The lowest BCUT2D eigenvalue weighted by Crippen LogP contribution is -2.36. The van der Waals surface area contributed by atoms with Gasteiger partial charge >= 0.3 is 0 Å². The Morgan fingerprint density at radius 1 is 0.850 bits per heavy atom. The fraction of sp³-hybridized carbons (Fsp3) is 0.263. The van der Waals surface area contributed by atoms with E-state index in [0.29, 0.717) is 11.8 Å². The molecule has 0 fully saturated rings. The van der Waals surface area contributed by atoms with Crippen molar-refractivity contribution < 1.29 is 5.11 Å². The molecule has 0 spiro atoms. The van der Waals surface area contributed by atoms with Crippen LogP contribution in [0.5, 0.6) is 0 Å². The van der Waals surface area contributed by atoms with Crippen molar-refractivity contribution in [3.8, 4) is 0 Å². The predicted molar refractivity (Wildman–Crippen MR) is 81.4 cm³/mol. The van der Waals surface area contributed by atoms with E-state index in [4.69, 9.17) is 0 Å². The highest BCUT2D eigenvalue weighted by atomic mass is 16.3. The topological polar surface area (TPSA) is 20.2 Å². The Balaban J connectivity index is 1.78. The molecule has 0 amide bonds. The van der Waals surface area contributed by atoms with Gasteiger partial charge in [-0.15, -0.1) is 0 Å². The van der Waals surface area contributed by atoms with Crippen LogP contribution in [-0.2, 0) is 19.4 Å². The number of hydrogen-bond donors (Lipinski definition) is 1. The molecule has 1 heteroatoms. The van der Waals surface area contributed by atoms with Crippen molar-refractivity contribution in [2.45, 2.75) is 19.4 Å². The Kier molecular flexibility index (Phi) is 2.75. The van der Waals surface area contributed by atoms with Crippen LogP contribution in [0, 0.1) is 11.8 Å². The molecule has 0 bridgehead atoms. The summed E-state index contributed by atoms with van der Waals surface area (Å²) in [4.78, 5) is 0. The molecule has 1 nitrogen and oxygen atoms in total. The van der Waals surface area contributed by atoms with Crippen LogP contribution >= 0.6 is 0 Å². The monoisotopic (exact) mass is 262 g/mol. The molecule has 4 rings (SSSR count). The molecule has 1 N–H and O–H groups in total. The van der Waals surface area contributed by atoms with Crippen LogP contribution in [0.1, 0.15) is 16.7 Å². The minimum atomic E-state index is 0.139. The largest absolute Gasteiger partial charge is 0.392 e. The third-order valence-electron chi connectivity index (χ3n) is 4.70. The van der Waals surface area contributed by atoms with Gasteiger partial charge in [-0.3, -0.25) is 0 Å². The van der Waals surface area contributed by atoms with Gasteiger partial charge in [0, 0.05) is 0 Å². The first-order valence-corrected chi connectivity index (χ1v) is 7.34. The molecule has 2 unspecified atom stereocenters. The highest BCUT2D eigenvalue weighted by Gasteiger charge is 2.26. The fourth-order valence-corrected chi connectivity index (χ4v) is 3.62. The SMILES string of the molecule is OCc1ccc2c(c1)CC1C=c3ccccc3=CC1C2. The molecular weight excluding hydrogens is 244 g/mol. The minimum Gasteiger partial charge on any atom is -0.392 e. The van der Waals surface area contributed by atoms with Gasteiger partial charge in [0.05, 0.1) is 6.61 Å². The molecule has 2 aromatic carbocycles. The van der Waals surface area contributed by atoms with Gasteiger partial charge in [-0.05, 0) is 51.8 Å². The summed E-state index contributed by atoms with van der Waals surface area (Å²) in [5.74, 6) is 1.23. The Morgan fingerprint density at radius 2 is 1.50 bits per heavy atom. The number of aliphatic hydroxyl groups is 1. The van der Waals surface area contributed by atoms with Crippen LogP contribution in [0.4, 0.5) is 0 Å². The smallest absolute Gasteiger partial charge is 0.0681 e. The molecular formula is C19H18O. The molecule has 0 radical (unpaired) electrons. The molecule has 2 aliphatic carbocycles. The van der Waals surface area contributed by atoms with Gasteiger partial charge in [0.1, 0.15) is 0 Å². The van der Waals surface area contributed by atoms with Gasteiger partial charge in [-0.1, -0.05) is 54.6 Å². The molecule has 0 aliphatic heterocycles. The summed E-state index contributed by atoms with van der Waals surface area (Å²) in [5, 5.41) is 12.0. The first kappa shape index (κ1) is 11.9. The van der Waals surface area contributed by atoms with E-state index in [2.05, 4.69) is 54.6 Å². The number of benzene rings is 2. The van der Waals surface area contributed by atoms with E-state index in [1.54, 1.807) is 0 Å². The van der Waals surface area contributed by atoms with E-state index in [0.717, 1.165) is 18.4 Å². The maximum atomic E-state index is 9.29. The predicted octanol–water partition coefficient (Wildman–Crippen LogP) is 1.78. The van der Waals surface area contributed by atoms with Gasteiger partial charge in [-0.25, -0.2) is 0 Å². The first-order chi connectivity index (χ1) is 9.83. The molecule has 0 saturated carbocycles. The average Bonchev–Trinajstić information content (AvgIpc) is 2.50. The molecule has 2 aromatic rings. The van der Waals surface area contributed by atoms with Crippen molar-refractivity contribution in [3.63, 3.8) is 0 Å². The number of rotatable bonds is 1. The van der Waals surface area contributed by atoms with E-state index in [-0.39, 0.29) is 6.61 Å². The maximum Gasteiger partial charge on any atom is 0.0681 e. The van der Waals surface area contributed by atoms with E-state index in [1.165, 1.54) is 21.6 Å². The standard InChI is InChI=1S/C19H18O/c20-12-13-5-6-16-10-18-8-14-3-1-2-4-15(14)9-19(18)11-17(16)7-13/h1-9,18-20H,10-12H2. The van der Waals surface area contributed by atoms with Gasteiger partial charge < -0.3 is 5.11 Å². The van der Waals surface area contributed by atoms with Crippen LogP contribution in [0.3, 0.4) is 0 Å². The van der Waals surface area contributed by atoms with Crippen molar-refractivity contribution in [1.82, 2.24) is 0 Å². The zero-order valence-corrected chi connectivity index (χ0v) is 11.4. The third-order valence-corrected chi connectivity index (χ3v) is 4.70. The Morgan fingerprint density at radius 3 is 2.15 bits per heavy atom. The molecule has 2 atom stereocenters. The lowest BCUT2D eigenvalue weighted by atomic mass is 9.73.